The first-order valence-corrected chi connectivity index (χ1v) is 4.64. The summed E-state index contributed by atoms with van der Waals surface area (Å²) >= 11 is 12.0. The Kier molecular flexibility index (Phi) is 2.14. The van der Waals surface area contributed by atoms with Crippen molar-refractivity contribution >= 4 is 34.0 Å². The van der Waals surface area contributed by atoms with Crippen LogP contribution in [0.3, 0.4) is 0 Å². The zero-order valence-corrected chi connectivity index (χ0v) is 8.52. The number of fused-ring (bicyclic) bond motifs is 1. The summed E-state index contributed by atoms with van der Waals surface area (Å²) in [6, 6.07) is 3.71. The van der Waals surface area contributed by atoms with Gasteiger partial charge in [-0.25, -0.2) is 0 Å². The monoisotopic (exact) mass is 211 g/mol. The molecule has 1 aromatic carbocycles. The molecule has 0 aliphatic carbocycles. The van der Waals surface area contributed by atoms with Crippen molar-refractivity contribution in [3.05, 3.63) is 40.1 Å². The summed E-state index contributed by atoms with van der Waals surface area (Å²) in [5.74, 6) is 0. The van der Waals surface area contributed by atoms with Gasteiger partial charge in [0, 0.05) is 23.2 Å². The Labute approximate surface area is 86.3 Å². The minimum absolute atomic E-state index is 0.587. The fourth-order valence-corrected chi connectivity index (χ4v) is 1.85. The first-order valence-electron chi connectivity index (χ1n) is 3.88. The average molecular weight is 212 g/mol. The van der Waals surface area contributed by atoms with E-state index in [1.165, 1.54) is 0 Å². The molecule has 0 N–H and O–H groups in total. The lowest BCUT2D eigenvalue weighted by Crippen LogP contribution is -1.82. The van der Waals surface area contributed by atoms with E-state index in [4.69, 9.17) is 23.2 Å². The fourth-order valence-electron chi connectivity index (χ4n) is 1.37. The van der Waals surface area contributed by atoms with Gasteiger partial charge in [-0.1, -0.05) is 29.3 Å². The summed E-state index contributed by atoms with van der Waals surface area (Å²) < 4.78 is 0. The van der Waals surface area contributed by atoms with E-state index in [1.807, 2.05) is 13.0 Å². The van der Waals surface area contributed by atoms with Crippen LogP contribution in [0, 0.1) is 6.92 Å². The zero-order valence-electron chi connectivity index (χ0n) is 7.01. The molecule has 2 rings (SSSR count). The smallest absolute Gasteiger partial charge is 0.0674 e. The van der Waals surface area contributed by atoms with Crippen molar-refractivity contribution in [3.8, 4) is 0 Å². The van der Waals surface area contributed by atoms with Crippen LogP contribution in [-0.4, -0.2) is 4.98 Å². The van der Waals surface area contributed by atoms with Crippen molar-refractivity contribution in [3.63, 3.8) is 0 Å². The molecule has 0 amide bonds. The maximum atomic E-state index is 6.07. The first kappa shape index (κ1) is 8.79. The molecule has 13 heavy (non-hydrogen) atoms. The Balaban J connectivity index is 2.97. The summed E-state index contributed by atoms with van der Waals surface area (Å²) in [7, 11) is 0. The third-order valence-corrected chi connectivity index (χ3v) is 2.81. The molecular weight excluding hydrogens is 205 g/mol. The molecule has 1 aromatic heterocycles. The van der Waals surface area contributed by atoms with Crippen molar-refractivity contribution in [2.75, 3.05) is 0 Å². The maximum Gasteiger partial charge on any atom is 0.0674 e. The van der Waals surface area contributed by atoms with Gasteiger partial charge in [0.15, 0.2) is 0 Å². The largest absolute Gasteiger partial charge is 0.264 e. The summed E-state index contributed by atoms with van der Waals surface area (Å²) in [5, 5.41) is 3.21. The summed E-state index contributed by atoms with van der Waals surface area (Å²) in [5.41, 5.74) is 1.05. The summed E-state index contributed by atoms with van der Waals surface area (Å²) in [4.78, 5) is 4.08. The van der Waals surface area contributed by atoms with Crippen LogP contribution in [0.15, 0.2) is 24.5 Å². The van der Waals surface area contributed by atoms with Crippen LogP contribution in [0.1, 0.15) is 5.56 Å². The van der Waals surface area contributed by atoms with Crippen molar-refractivity contribution in [2.45, 2.75) is 6.92 Å². The van der Waals surface area contributed by atoms with Gasteiger partial charge < -0.3 is 0 Å². The third-order valence-electron chi connectivity index (χ3n) is 2.00. The topological polar surface area (TPSA) is 12.9 Å². The highest BCUT2D eigenvalue weighted by molar-refractivity contribution is 6.45. The van der Waals surface area contributed by atoms with Crippen molar-refractivity contribution in [1.29, 1.82) is 0 Å². The fraction of sp³-hybridized carbons (Fsp3) is 0.100. The minimum Gasteiger partial charge on any atom is -0.264 e. The van der Waals surface area contributed by atoms with Gasteiger partial charge in [0.05, 0.1) is 10.0 Å². The van der Waals surface area contributed by atoms with Crippen molar-refractivity contribution < 1.29 is 0 Å². The number of aryl methyl sites for hydroxylation is 1. The van der Waals surface area contributed by atoms with E-state index in [1.54, 1.807) is 18.5 Å². The number of hydrogen-bond acceptors (Lipinski definition) is 1. The molecule has 1 nitrogen and oxygen atoms in total. The Morgan fingerprint density at radius 3 is 2.69 bits per heavy atom. The molecule has 0 spiro atoms. The SMILES string of the molecule is Cc1cncc2ccc(Cl)c(Cl)c12. The number of rotatable bonds is 0. The molecule has 2 aromatic rings. The molecule has 0 saturated carbocycles. The van der Waals surface area contributed by atoms with Gasteiger partial charge in [0.1, 0.15) is 0 Å². The second-order valence-corrected chi connectivity index (χ2v) is 3.70. The quantitative estimate of drug-likeness (QED) is 0.646. The van der Waals surface area contributed by atoms with Crippen LogP contribution in [0.25, 0.3) is 10.8 Å². The standard InChI is InChI=1S/C10H7Cl2N/c1-6-4-13-5-7-2-3-8(11)10(12)9(6)7/h2-5H,1H3. The first-order chi connectivity index (χ1) is 6.20. The van der Waals surface area contributed by atoms with Crippen LogP contribution < -0.4 is 0 Å². The highest BCUT2D eigenvalue weighted by Gasteiger charge is 2.05. The molecule has 1 heterocycles. The molecule has 0 atom stereocenters. The molecule has 0 aliphatic heterocycles. The van der Waals surface area contributed by atoms with Crippen LogP contribution in [0.2, 0.25) is 10.0 Å². The van der Waals surface area contributed by atoms with Crippen LogP contribution in [0.4, 0.5) is 0 Å². The Bertz CT molecular complexity index is 466. The van der Waals surface area contributed by atoms with Gasteiger partial charge in [0.2, 0.25) is 0 Å². The van der Waals surface area contributed by atoms with Gasteiger partial charge >= 0.3 is 0 Å². The number of halogens is 2. The number of benzene rings is 1. The highest BCUT2D eigenvalue weighted by atomic mass is 35.5. The second-order valence-electron chi connectivity index (χ2n) is 2.92. The molecule has 0 bridgehead atoms. The van der Waals surface area contributed by atoms with E-state index in [9.17, 15) is 0 Å². The molecule has 0 fully saturated rings. The molecule has 3 heteroatoms. The normalized spacial score (nSPS) is 10.7. The zero-order chi connectivity index (χ0) is 9.42. The number of nitrogens with zero attached hydrogens (tertiary/aromatic N) is 1. The van der Waals surface area contributed by atoms with E-state index in [0.717, 1.165) is 16.3 Å². The van der Waals surface area contributed by atoms with Crippen LogP contribution in [-0.2, 0) is 0 Å². The van der Waals surface area contributed by atoms with Crippen LogP contribution in [0.5, 0.6) is 0 Å². The average Bonchev–Trinajstić information content (AvgIpc) is 2.12. The van der Waals surface area contributed by atoms with E-state index < -0.39 is 0 Å². The molecule has 0 saturated heterocycles. The Morgan fingerprint density at radius 2 is 1.92 bits per heavy atom. The highest BCUT2D eigenvalue weighted by Crippen LogP contribution is 2.31. The Morgan fingerprint density at radius 1 is 1.15 bits per heavy atom. The molecule has 0 aliphatic rings. The predicted molar refractivity (Wildman–Crippen MR) is 56.5 cm³/mol. The van der Waals surface area contributed by atoms with Crippen molar-refractivity contribution in [1.82, 2.24) is 4.98 Å². The molecule has 0 unspecified atom stereocenters. The van der Waals surface area contributed by atoms with E-state index in [0.29, 0.717) is 10.0 Å². The predicted octanol–water partition coefficient (Wildman–Crippen LogP) is 3.85. The molecular formula is C10H7Cl2N. The van der Waals surface area contributed by atoms with Gasteiger partial charge in [-0.15, -0.1) is 0 Å². The van der Waals surface area contributed by atoms with Crippen LogP contribution >= 0.6 is 23.2 Å². The number of pyridine rings is 1. The summed E-state index contributed by atoms with van der Waals surface area (Å²) in [6.07, 6.45) is 3.56. The maximum absolute atomic E-state index is 6.07. The van der Waals surface area contributed by atoms with Gasteiger partial charge in [-0.05, 0) is 18.6 Å². The molecule has 0 radical (unpaired) electrons. The molecule has 66 valence electrons. The third kappa shape index (κ3) is 1.38. The second kappa shape index (κ2) is 3.17. The van der Waals surface area contributed by atoms with Gasteiger partial charge in [-0.3, -0.25) is 4.98 Å². The lowest BCUT2D eigenvalue weighted by molar-refractivity contribution is 1.31. The lowest BCUT2D eigenvalue weighted by atomic mass is 10.1. The lowest BCUT2D eigenvalue weighted by Gasteiger charge is -2.04. The van der Waals surface area contributed by atoms with Gasteiger partial charge in [-0.2, -0.15) is 0 Å². The Hall–Kier alpha value is -0.790. The van der Waals surface area contributed by atoms with Gasteiger partial charge in [0.25, 0.3) is 0 Å². The minimum atomic E-state index is 0.587. The van der Waals surface area contributed by atoms with E-state index >= 15 is 0 Å². The van der Waals surface area contributed by atoms with E-state index in [-0.39, 0.29) is 0 Å². The van der Waals surface area contributed by atoms with Crippen molar-refractivity contribution in [2.24, 2.45) is 0 Å². The summed E-state index contributed by atoms with van der Waals surface area (Å²) in [6.45, 7) is 1.97. The van der Waals surface area contributed by atoms with E-state index in [2.05, 4.69) is 4.98 Å². The number of hydrogen-bond donors (Lipinski definition) is 0. The number of aromatic nitrogens is 1.